The van der Waals surface area contributed by atoms with Gasteiger partial charge in [-0.2, -0.15) is 4.68 Å². The van der Waals surface area contributed by atoms with Crippen molar-refractivity contribution in [3.05, 3.63) is 30.1 Å². The van der Waals surface area contributed by atoms with E-state index in [0.717, 1.165) is 0 Å². The molecule has 0 aliphatic rings. The van der Waals surface area contributed by atoms with E-state index in [1.54, 1.807) is 12.1 Å². The lowest BCUT2D eigenvalue weighted by Gasteiger charge is -2.10. The second-order valence-corrected chi connectivity index (χ2v) is 3.73. The molecule has 1 aromatic carbocycles. The minimum Gasteiger partial charge on any atom is -0.491 e. The van der Waals surface area contributed by atoms with E-state index < -0.39 is 0 Å². The third-order valence-corrected chi connectivity index (χ3v) is 2.03. The predicted molar refractivity (Wildman–Crippen MR) is 60.3 cm³/mol. The predicted octanol–water partition coefficient (Wildman–Crippen LogP) is 1.26. The Hall–Kier alpha value is -2.24. The Morgan fingerprint density at radius 2 is 2.24 bits per heavy atom. The van der Waals surface area contributed by atoms with E-state index in [1.165, 1.54) is 4.68 Å². The summed E-state index contributed by atoms with van der Waals surface area (Å²) < 4.78 is 6.92. The molecule has 0 N–H and O–H groups in total. The Morgan fingerprint density at radius 1 is 1.41 bits per heavy atom. The van der Waals surface area contributed by atoms with E-state index in [1.807, 2.05) is 26.0 Å². The summed E-state index contributed by atoms with van der Waals surface area (Å²) in [5.41, 5.74) is 0.690. The lowest BCUT2D eigenvalue weighted by Crippen LogP contribution is -2.07. The molecule has 2 aromatic rings. The number of aldehydes is 1. The van der Waals surface area contributed by atoms with Gasteiger partial charge in [0.25, 0.3) is 0 Å². The van der Waals surface area contributed by atoms with Crippen molar-refractivity contribution in [2.24, 2.45) is 0 Å². The van der Waals surface area contributed by atoms with Gasteiger partial charge < -0.3 is 4.74 Å². The maximum atomic E-state index is 10.7. The number of benzene rings is 1. The maximum absolute atomic E-state index is 10.7. The molecule has 0 fully saturated rings. The van der Waals surface area contributed by atoms with Gasteiger partial charge in [0, 0.05) is 6.07 Å². The van der Waals surface area contributed by atoms with Gasteiger partial charge in [0.1, 0.15) is 5.75 Å². The summed E-state index contributed by atoms with van der Waals surface area (Å²) in [6, 6.07) is 7.25. The molecule has 2 rings (SSSR count). The second kappa shape index (κ2) is 4.73. The van der Waals surface area contributed by atoms with Crippen molar-refractivity contribution < 1.29 is 9.53 Å². The van der Waals surface area contributed by atoms with Crippen LogP contribution in [0.4, 0.5) is 0 Å². The number of ether oxygens (including phenoxy) is 1. The Balaban J connectivity index is 2.36. The van der Waals surface area contributed by atoms with Crippen molar-refractivity contribution >= 4 is 6.29 Å². The molecule has 0 bridgehead atoms. The van der Waals surface area contributed by atoms with Crippen LogP contribution in [0.5, 0.6) is 5.75 Å². The number of hydrogen-bond donors (Lipinski definition) is 0. The maximum Gasteiger partial charge on any atom is 0.219 e. The van der Waals surface area contributed by atoms with E-state index in [2.05, 4.69) is 15.5 Å². The molecule has 0 unspecified atom stereocenters. The summed E-state index contributed by atoms with van der Waals surface area (Å²) in [5, 5.41) is 10.8. The first-order chi connectivity index (χ1) is 8.20. The topological polar surface area (TPSA) is 69.9 Å². The Labute approximate surface area is 98.2 Å². The van der Waals surface area contributed by atoms with Crippen molar-refractivity contribution in [3.63, 3.8) is 0 Å². The summed E-state index contributed by atoms with van der Waals surface area (Å²) in [6.07, 6.45) is 0.695. The molecule has 0 aliphatic heterocycles. The fourth-order valence-electron chi connectivity index (χ4n) is 1.41. The Morgan fingerprint density at radius 3 is 2.94 bits per heavy atom. The zero-order chi connectivity index (χ0) is 12.3. The van der Waals surface area contributed by atoms with E-state index in [0.29, 0.717) is 17.7 Å². The molecule has 0 aliphatic carbocycles. The van der Waals surface area contributed by atoms with E-state index in [4.69, 9.17) is 4.74 Å². The van der Waals surface area contributed by atoms with Gasteiger partial charge in [-0.25, -0.2) is 0 Å². The van der Waals surface area contributed by atoms with Gasteiger partial charge >= 0.3 is 0 Å². The molecule has 0 saturated heterocycles. The fraction of sp³-hybridized carbons (Fsp3) is 0.273. The number of aromatic nitrogens is 4. The molecular weight excluding hydrogens is 220 g/mol. The minimum atomic E-state index is 0.0877. The van der Waals surface area contributed by atoms with E-state index >= 15 is 0 Å². The highest BCUT2D eigenvalue weighted by molar-refractivity contribution is 5.69. The molecule has 0 spiro atoms. The molecule has 6 nitrogen and oxygen atoms in total. The van der Waals surface area contributed by atoms with Crippen LogP contribution in [0.3, 0.4) is 0 Å². The monoisotopic (exact) mass is 232 g/mol. The third-order valence-electron chi connectivity index (χ3n) is 2.03. The molecule has 1 aromatic heterocycles. The van der Waals surface area contributed by atoms with Crippen molar-refractivity contribution in [3.8, 4) is 11.4 Å². The van der Waals surface area contributed by atoms with Crippen molar-refractivity contribution in [1.82, 2.24) is 20.2 Å². The van der Waals surface area contributed by atoms with Crippen LogP contribution in [0.1, 0.15) is 24.5 Å². The summed E-state index contributed by atoms with van der Waals surface area (Å²) in [7, 11) is 0. The molecule has 1 heterocycles. The van der Waals surface area contributed by atoms with Gasteiger partial charge in [-0.05, 0) is 36.4 Å². The molecule has 0 atom stereocenters. The van der Waals surface area contributed by atoms with Gasteiger partial charge in [-0.15, -0.1) is 5.10 Å². The molecule has 6 heteroatoms. The van der Waals surface area contributed by atoms with Crippen molar-refractivity contribution in [1.29, 1.82) is 0 Å². The minimum absolute atomic E-state index is 0.0877. The lowest BCUT2D eigenvalue weighted by molar-refractivity contribution is 0.111. The van der Waals surface area contributed by atoms with Gasteiger partial charge in [0.15, 0.2) is 6.29 Å². The van der Waals surface area contributed by atoms with Crippen LogP contribution >= 0.6 is 0 Å². The number of hydrogen-bond acceptors (Lipinski definition) is 5. The SMILES string of the molecule is CC(C)Oc1cccc(-n2nnnc2C=O)c1. The van der Waals surface area contributed by atoms with E-state index in [9.17, 15) is 4.79 Å². The second-order valence-electron chi connectivity index (χ2n) is 3.73. The molecule has 88 valence electrons. The van der Waals surface area contributed by atoms with Crippen LogP contribution in [-0.2, 0) is 0 Å². The number of carbonyl (C=O) groups excluding carboxylic acids is 1. The lowest BCUT2D eigenvalue weighted by atomic mass is 10.3. The van der Waals surface area contributed by atoms with Crippen LogP contribution in [0.2, 0.25) is 0 Å². The largest absolute Gasteiger partial charge is 0.491 e. The zero-order valence-corrected chi connectivity index (χ0v) is 9.57. The summed E-state index contributed by atoms with van der Waals surface area (Å²) in [4.78, 5) is 10.7. The first-order valence-corrected chi connectivity index (χ1v) is 5.21. The van der Waals surface area contributed by atoms with Crippen molar-refractivity contribution in [2.75, 3.05) is 0 Å². The summed E-state index contributed by atoms with van der Waals surface area (Å²) in [5.74, 6) is 0.872. The van der Waals surface area contributed by atoms with Crippen LogP contribution < -0.4 is 4.74 Å². The number of rotatable bonds is 4. The molecular formula is C11H12N4O2. The molecule has 0 saturated carbocycles. The highest BCUT2D eigenvalue weighted by atomic mass is 16.5. The third kappa shape index (κ3) is 2.47. The van der Waals surface area contributed by atoms with Gasteiger partial charge in [-0.1, -0.05) is 6.07 Å². The number of nitrogens with zero attached hydrogens (tertiary/aromatic N) is 4. The Kier molecular flexibility index (Phi) is 3.13. The van der Waals surface area contributed by atoms with Gasteiger partial charge in [0.2, 0.25) is 5.82 Å². The standard InChI is InChI=1S/C11H12N4O2/c1-8(2)17-10-5-3-4-9(6-10)15-11(7-16)12-13-14-15/h3-8H,1-2H3. The van der Waals surface area contributed by atoms with Crippen molar-refractivity contribution in [2.45, 2.75) is 20.0 Å². The molecule has 17 heavy (non-hydrogen) atoms. The number of carbonyl (C=O) groups is 1. The summed E-state index contributed by atoms with van der Waals surface area (Å²) >= 11 is 0. The fourth-order valence-corrected chi connectivity index (χ4v) is 1.41. The Bertz CT molecular complexity index is 522. The summed E-state index contributed by atoms with van der Waals surface area (Å²) in [6.45, 7) is 3.89. The normalized spacial score (nSPS) is 10.5. The van der Waals surface area contributed by atoms with Crippen LogP contribution in [-0.4, -0.2) is 32.6 Å². The smallest absolute Gasteiger partial charge is 0.219 e. The first-order valence-electron chi connectivity index (χ1n) is 5.21. The van der Waals surface area contributed by atoms with E-state index in [-0.39, 0.29) is 11.9 Å². The highest BCUT2D eigenvalue weighted by Gasteiger charge is 2.08. The number of tetrazole rings is 1. The highest BCUT2D eigenvalue weighted by Crippen LogP contribution is 2.17. The van der Waals surface area contributed by atoms with Crippen LogP contribution in [0.25, 0.3) is 5.69 Å². The quantitative estimate of drug-likeness (QED) is 0.742. The van der Waals surface area contributed by atoms with Crippen LogP contribution in [0, 0.1) is 0 Å². The molecule has 0 radical (unpaired) electrons. The van der Waals surface area contributed by atoms with Gasteiger partial charge in [-0.3, -0.25) is 4.79 Å². The van der Waals surface area contributed by atoms with Gasteiger partial charge in [0.05, 0.1) is 11.8 Å². The molecule has 0 amide bonds. The zero-order valence-electron chi connectivity index (χ0n) is 9.57. The first kappa shape index (κ1) is 11.3. The van der Waals surface area contributed by atoms with Crippen LogP contribution in [0.15, 0.2) is 24.3 Å². The average Bonchev–Trinajstić information content (AvgIpc) is 2.76. The average molecular weight is 232 g/mol.